The van der Waals surface area contributed by atoms with Crippen molar-refractivity contribution in [2.45, 2.75) is 45.1 Å². The fraction of sp³-hybridized carbons (Fsp3) is 0.233. The Bertz CT molecular complexity index is 1530. The molecule has 0 bridgehead atoms. The Balaban J connectivity index is 1.34. The molecule has 1 aliphatic carbocycles. The highest BCUT2D eigenvalue weighted by Crippen LogP contribution is 2.48. The highest BCUT2D eigenvalue weighted by molar-refractivity contribution is 7.10. The molecule has 0 radical (unpaired) electrons. The van der Waals surface area contributed by atoms with Gasteiger partial charge in [0.15, 0.2) is 0 Å². The van der Waals surface area contributed by atoms with Crippen molar-refractivity contribution in [2.75, 3.05) is 5.32 Å². The fourth-order valence-electron chi connectivity index (χ4n) is 4.72. The van der Waals surface area contributed by atoms with Gasteiger partial charge >= 0.3 is 12.1 Å². The Morgan fingerprint density at radius 2 is 1.74 bits per heavy atom. The second-order valence-corrected chi connectivity index (χ2v) is 10.8. The van der Waals surface area contributed by atoms with Crippen molar-refractivity contribution in [1.29, 1.82) is 0 Å². The van der Waals surface area contributed by atoms with Gasteiger partial charge < -0.3 is 9.84 Å². The van der Waals surface area contributed by atoms with Crippen molar-refractivity contribution in [3.63, 3.8) is 0 Å². The Hall–Kier alpha value is -3.68. The van der Waals surface area contributed by atoms with Crippen LogP contribution in [0.1, 0.15) is 48.3 Å². The summed E-state index contributed by atoms with van der Waals surface area (Å²) in [5.74, 6) is -0.753. The number of amides is 1. The number of carboxylic acids is 1. The van der Waals surface area contributed by atoms with E-state index in [-0.39, 0.29) is 0 Å². The molecule has 1 aliphatic rings. The lowest BCUT2D eigenvalue weighted by Crippen LogP contribution is -2.19. The first kappa shape index (κ1) is 25.9. The van der Waals surface area contributed by atoms with Crippen LogP contribution in [-0.2, 0) is 14.9 Å². The molecule has 0 saturated heterocycles. The summed E-state index contributed by atoms with van der Waals surface area (Å²) in [6.07, 6.45) is 0.279. The zero-order chi connectivity index (χ0) is 27.0. The van der Waals surface area contributed by atoms with Gasteiger partial charge in [-0.1, -0.05) is 66.2 Å². The normalized spacial score (nSPS) is 14.5. The summed E-state index contributed by atoms with van der Waals surface area (Å²) >= 11 is 7.56. The van der Waals surface area contributed by atoms with Crippen molar-refractivity contribution in [3.8, 4) is 21.6 Å². The first-order chi connectivity index (χ1) is 18.2. The second-order valence-electron chi connectivity index (χ2n) is 9.66. The maximum Gasteiger partial charge on any atom is 0.412 e. The molecule has 8 heteroatoms. The Kier molecular flexibility index (Phi) is 6.99. The van der Waals surface area contributed by atoms with Crippen molar-refractivity contribution >= 4 is 40.9 Å². The number of ether oxygens (including phenoxy) is 1. The number of aryl methyl sites for hydroxylation is 2. The number of halogens is 1. The standard InChI is InChI=1S/C30H27ClN2O4S/c1-17-16-21(10-13-23(17)20-8-11-22(12-9-20)30(14-15-30)28(34)35)27-26(18(2)33-38-27)32-29(36)37-19(3)24-6-4-5-7-25(24)31/h4-13,16,19H,14-15H2,1-3H3,(H,32,36)(H,34,35). The predicted molar refractivity (Wildman–Crippen MR) is 151 cm³/mol. The monoisotopic (exact) mass is 546 g/mol. The largest absolute Gasteiger partial charge is 0.481 e. The Labute approximate surface area is 230 Å². The molecule has 2 N–H and O–H groups in total. The third-order valence-corrected chi connectivity index (χ3v) is 8.45. The highest BCUT2D eigenvalue weighted by atomic mass is 35.5. The van der Waals surface area contributed by atoms with Crippen LogP contribution in [0.3, 0.4) is 0 Å². The molecular formula is C30H27ClN2O4S. The molecule has 6 nitrogen and oxygen atoms in total. The minimum Gasteiger partial charge on any atom is -0.481 e. The van der Waals surface area contributed by atoms with E-state index < -0.39 is 23.6 Å². The zero-order valence-electron chi connectivity index (χ0n) is 21.2. The lowest BCUT2D eigenvalue weighted by molar-refractivity contribution is -0.140. The molecule has 4 aromatic rings. The third-order valence-electron chi connectivity index (χ3n) is 7.11. The maximum absolute atomic E-state index is 12.8. The summed E-state index contributed by atoms with van der Waals surface area (Å²) in [5.41, 5.74) is 6.28. The number of anilines is 1. The number of carbonyl (C=O) groups excluding carboxylic acids is 1. The van der Waals surface area contributed by atoms with Crippen LogP contribution in [0.2, 0.25) is 5.02 Å². The molecule has 1 amide bonds. The number of aromatic nitrogens is 1. The SMILES string of the molecule is Cc1cc(-c2snc(C)c2NC(=O)OC(C)c2ccccc2Cl)ccc1-c1ccc(C2(C(=O)O)CC2)cc1. The molecule has 0 aliphatic heterocycles. The first-order valence-corrected chi connectivity index (χ1v) is 13.5. The van der Waals surface area contributed by atoms with Crippen molar-refractivity contribution in [1.82, 2.24) is 4.37 Å². The summed E-state index contributed by atoms with van der Waals surface area (Å²) in [7, 11) is 0. The van der Waals surface area contributed by atoms with Gasteiger partial charge in [-0.3, -0.25) is 10.1 Å². The minimum atomic E-state index is -0.753. The number of carboxylic acid groups (broad SMARTS) is 1. The molecule has 1 heterocycles. The van der Waals surface area contributed by atoms with E-state index in [9.17, 15) is 14.7 Å². The van der Waals surface area contributed by atoms with Crippen LogP contribution in [0.5, 0.6) is 0 Å². The van der Waals surface area contributed by atoms with Crippen LogP contribution >= 0.6 is 23.1 Å². The number of hydrogen-bond donors (Lipinski definition) is 2. The Morgan fingerprint density at radius 1 is 1.05 bits per heavy atom. The molecule has 1 aromatic heterocycles. The number of nitrogens with zero attached hydrogens (tertiary/aromatic N) is 1. The van der Waals surface area contributed by atoms with Crippen LogP contribution in [0.25, 0.3) is 21.6 Å². The predicted octanol–water partition coefficient (Wildman–Crippen LogP) is 8.17. The molecule has 5 rings (SSSR count). The van der Waals surface area contributed by atoms with Gasteiger partial charge in [-0.05, 0) is 85.1 Å². The average Bonchev–Trinajstić information content (AvgIpc) is 3.64. The van der Waals surface area contributed by atoms with E-state index in [1.54, 1.807) is 13.0 Å². The van der Waals surface area contributed by atoms with Gasteiger partial charge in [-0.25, -0.2) is 4.79 Å². The van der Waals surface area contributed by atoms with E-state index >= 15 is 0 Å². The number of hydrogen-bond acceptors (Lipinski definition) is 5. The van der Waals surface area contributed by atoms with E-state index in [1.807, 2.05) is 68.4 Å². The number of carbonyl (C=O) groups is 2. The summed E-state index contributed by atoms with van der Waals surface area (Å²) in [6.45, 7) is 5.66. The number of nitrogens with one attached hydrogen (secondary N) is 1. The van der Waals surface area contributed by atoms with E-state index in [1.165, 1.54) is 11.5 Å². The lowest BCUT2D eigenvalue weighted by Gasteiger charge is -2.16. The van der Waals surface area contributed by atoms with Gasteiger partial charge in [0.05, 0.1) is 21.7 Å². The summed E-state index contributed by atoms with van der Waals surface area (Å²) in [4.78, 5) is 25.2. The van der Waals surface area contributed by atoms with E-state index in [0.717, 1.165) is 38.3 Å². The van der Waals surface area contributed by atoms with Crippen molar-refractivity contribution in [2.24, 2.45) is 0 Å². The highest BCUT2D eigenvalue weighted by Gasteiger charge is 2.51. The molecule has 3 aromatic carbocycles. The van der Waals surface area contributed by atoms with Crippen LogP contribution in [0, 0.1) is 13.8 Å². The summed E-state index contributed by atoms with van der Waals surface area (Å²) in [5, 5.41) is 13.0. The van der Waals surface area contributed by atoms with Gasteiger partial charge in [-0.2, -0.15) is 4.37 Å². The third kappa shape index (κ3) is 4.91. The topological polar surface area (TPSA) is 88.5 Å². The van der Waals surface area contributed by atoms with Gasteiger partial charge in [-0.15, -0.1) is 0 Å². The van der Waals surface area contributed by atoms with Crippen molar-refractivity contribution in [3.05, 3.63) is 94.1 Å². The molecule has 1 fully saturated rings. The molecule has 38 heavy (non-hydrogen) atoms. The van der Waals surface area contributed by atoms with E-state index in [2.05, 4.69) is 15.8 Å². The molecular weight excluding hydrogens is 520 g/mol. The van der Waals surface area contributed by atoms with Gasteiger partial charge in [0.25, 0.3) is 0 Å². The number of aliphatic carboxylic acids is 1. The van der Waals surface area contributed by atoms with Crippen LogP contribution in [0.15, 0.2) is 66.7 Å². The van der Waals surface area contributed by atoms with Crippen molar-refractivity contribution < 1.29 is 19.4 Å². The first-order valence-electron chi connectivity index (χ1n) is 12.3. The minimum absolute atomic E-state index is 0.516. The summed E-state index contributed by atoms with van der Waals surface area (Å²) < 4.78 is 10.1. The molecule has 1 unspecified atom stereocenters. The lowest BCUT2D eigenvalue weighted by atomic mass is 9.92. The maximum atomic E-state index is 12.8. The smallest absolute Gasteiger partial charge is 0.412 e. The van der Waals surface area contributed by atoms with Gasteiger partial charge in [0.2, 0.25) is 0 Å². The zero-order valence-corrected chi connectivity index (χ0v) is 22.8. The molecule has 1 saturated carbocycles. The van der Waals surface area contributed by atoms with Crippen LogP contribution < -0.4 is 5.32 Å². The van der Waals surface area contributed by atoms with Gasteiger partial charge in [0.1, 0.15) is 6.10 Å². The van der Waals surface area contributed by atoms with E-state index in [4.69, 9.17) is 16.3 Å². The Morgan fingerprint density at radius 3 is 2.37 bits per heavy atom. The summed E-state index contributed by atoms with van der Waals surface area (Å²) in [6, 6.07) is 21.2. The van der Waals surface area contributed by atoms with Crippen LogP contribution in [0.4, 0.5) is 10.5 Å². The number of rotatable bonds is 7. The second kappa shape index (κ2) is 10.2. The molecule has 1 atom stereocenters. The van der Waals surface area contributed by atoms with Gasteiger partial charge in [0, 0.05) is 10.6 Å². The molecule has 194 valence electrons. The quantitative estimate of drug-likeness (QED) is 0.244. The van der Waals surface area contributed by atoms with E-state index in [0.29, 0.717) is 29.2 Å². The molecule has 0 spiro atoms. The average molecular weight is 547 g/mol. The number of benzene rings is 3. The van der Waals surface area contributed by atoms with Crippen LogP contribution in [-0.4, -0.2) is 21.5 Å². The fourth-order valence-corrected chi connectivity index (χ4v) is 5.85.